The summed E-state index contributed by atoms with van der Waals surface area (Å²) in [5.41, 5.74) is 3.50. The molecule has 0 saturated carbocycles. The van der Waals surface area contributed by atoms with Crippen molar-refractivity contribution < 1.29 is 4.79 Å². The van der Waals surface area contributed by atoms with Crippen molar-refractivity contribution in [1.29, 1.82) is 0 Å². The smallest absolute Gasteiger partial charge is 0.238 e. The molecule has 2 fully saturated rings. The van der Waals surface area contributed by atoms with E-state index in [1.54, 1.807) is 0 Å². The van der Waals surface area contributed by atoms with Crippen LogP contribution in [-0.4, -0.2) is 61.5 Å². The average Bonchev–Trinajstić information content (AvgIpc) is 2.76. The van der Waals surface area contributed by atoms with Crippen LogP contribution in [0, 0.1) is 5.92 Å². The van der Waals surface area contributed by atoms with E-state index in [1.807, 2.05) is 12.1 Å². The number of hydrogen-bond donors (Lipinski definition) is 1. The van der Waals surface area contributed by atoms with E-state index in [1.165, 1.54) is 24.1 Å². The molecular weight excluding hydrogens is 372 g/mol. The molecule has 2 aromatic carbocycles. The molecular formula is C25H34N4O. The highest BCUT2D eigenvalue weighted by Crippen LogP contribution is 2.21. The molecule has 2 aromatic rings. The third-order valence-electron chi connectivity index (χ3n) is 6.25. The number of carbonyl (C=O) groups excluding carboxylic acids is 1. The normalized spacial score (nSPS) is 20.8. The topological polar surface area (TPSA) is 38.8 Å². The Balaban J connectivity index is 1.23. The lowest BCUT2D eigenvalue weighted by Crippen LogP contribution is -2.45. The molecule has 0 spiro atoms. The Kier molecular flexibility index (Phi) is 7.03. The fraction of sp³-hybridized carbons (Fsp3) is 0.480. The zero-order valence-corrected chi connectivity index (χ0v) is 18.1. The van der Waals surface area contributed by atoms with Gasteiger partial charge in [0.2, 0.25) is 5.91 Å². The van der Waals surface area contributed by atoms with Crippen LogP contribution < -0.4 is 10.2 Å². The summed E-state index contributed by atoms with van der Waals surface area (Å²) >= 11 is 0. The Labute approximate surface area is 180 Å². The van der Waals surface area contributed by atoms with Gasteiger partial charge in [0.05, 0.1) is 6.54 Å². The molecule has 2 aliphatic heterocycles. The van der Waals surface area contributed by atoms with Crippen LogP contribution >= 0.6 is 0 Å². The minimum atomic E-state index is 0.0892. The maximum absolute atomic E-state index is 12.4. The highest BCUT2D eigenvalue weighted by Gasteiger charge is 2.19. The molecule has 2 saturated heterocycles. The number of nitrogens with zero attached hydrogens (tertiary/aromatic N) is 3. The van der Waals surface area contributed by atoms with E-state index in [2.05, 4.69) is 69.4 Å². The fourth-order valence-electron chi connectivity index (χ4n) is 4.60. The Morgan fingerprint density at radius 3 is 2.37 bits per heavy atom. The summed E-state index contributed by atoms with van der Waals surface area (Å²) < 4.78 is 0. The van der Waals surface area contributed by atoms with Gasteiger partial charge in [-0.25, -0.2) is 0 Å². The molecule has 1 atom stereocenters. The van der Waals surface area contributed by atoms with Crippen LogP contribution in [0.4, 0.5) is 11.4 Å². The third-order valence-corrected chi connectivity index (χ3v) is 6.25. The number of benzene rings is 2. The van der Waals surface area contributed by atoms with Crippen LogP contribution in [0.1, 0.15) is 25.3 Å². The van der Waals surface area contributed by atoms with Crippen molar-refractivity contribution in [2.45, 2.75) is 26.3 Å². The predicted molar refractivity (Wildman–Crippen MR) is 124 cm³/mol. The van der Waals surface area contributed by atoms with Crippen LogP contribution in [0.3, 0.4) is 0 Å². The second-order valence-electron chi connectivity index (χ2n) is 8.83. The number of carbonyl (C=O) groups is 1. The van der Waals surface area contributed by atoms with Crippen molar-refractivity contribution in [2.24, 2.45) is 5.92 Å². The maximum atomic E-state index is 12.4. The Morgan fingerprint density at radius 2 is 1.67 bits per heavy atom. The number of rotatable bonds is 6. The van der Waals surface area contributed by atoms with Crippen LogP contribution in [0.25, 0.3) is 0 Å². The van der Waals surface area contributed by atoms with Gasteiger partial charge >= 0.3 is 0 Å². The molecule has 4 rings (SSSR count). The lowest BCUT2D eigenvalue weighted by Gasteiger charge is -2.36. The minimum absolute atomic E-state index is 0.0892. The predicted octanol–water partition coefficient (Wildman–Crippen LogP) is 3.68. The number of hydrogen-bond acceptors (Lipinski definition) is 4. The van der Waals surface area contributed by atoms with Gasteiger partial charge in [0.15, 0.2) is 0 Å². The first kappa shape index (κ1) is 20.9. The maximum Gasteiger partial charge on any atom is 0.238 e. The van der Waals surface area contributed by atoms with Crippen LogP contribution in [0.2, 0.25) is 0 Å². The molecule has 1 amide bonds. The van der Waals surface area contributed by atoms with E-state index in [9.17, 15) is 4.79 Å². The summed E-state index contributed by atoms with van der Waals surface area (Å²) in [6.45, 7) is 10.1. The number of piperidine rings is 1. The van der Waals surface area contributed by atoms with Gasteiger partial charge in [-0.3, -0.25) is 14.6 Å². The summed E-state index contributed by atoms with van der Waals surface area (Å²) in [4.78, 5) is 19.6. The molecule has 0 bridgehead atoms. The molecule has 5 heteroatoms. The summed E-state index contributed by atoms with van der Waals surface area (Å²) in [5.74, 6) is 0.783. The van der Waals surface area contributed by atoms with Crippen molar-refractivity contribution in [3.05, 3.63) is 60.2 Å². The summed E-state index contributed by atoms with van der Waals surface area (Å²) in [6.07, 6.45) is 2.47. The van der Waals surface area contributed by atoms with E-state index in [0.717, 1.165) is 51.5 Å². The quantitative estimate of drug-likeness (QED) is 0.794. The molecule has 30 heavy (non-hydrogen) atoms. The molecule has 2 heterocycles. The van der Waals surface area contributed by atoms with Crippen molar-refractivity contribution in [2.75, 3.05) is 56.0 Å². The van der Waals surface area contributed by atoms with E-state index < -0.39 is 0 Å². The summed E-state index contributed by atoms with van der Waals surface area (Å²) in [6, 6.07) is 19.0. The Morgan fingerprint density at radius 1 is 0.933 bits per heavy atom. The van der Waals surface area contributed by atoms with Crippen LogP contribution in [0.5, 0.6) is 0 Å². The molecule has 0 aliphatic carbocycles. The summed E-state index contributed by atoms with van der Waals surface area (Å²) in [7, 11) is 0. The molecule has 2 aliphatic rings. The number of nitrogens with one attached hydrogen (secondary N) is 1. The third kappa shape index (κ3) is 5.83. The SMILES string of the molecule is C[C@H]1CCCN(CC(=O)Nc2ccc(N3CCN(Cc4ccccc4)CC3)cc2)C1. The standard InChI is InChI=1S/C25H34N4O/c1-21-6-5-13-28(18-21)20-25(30)26-23-9-11-24(12-10-23)29-16-14-27(15-17-29)19-22-7-3-2-4-8-22/h2-4,7-12,21H,5-6,13-20H2,1H3,(H,26,30)/t21-/m0/s1. The first-order valence-electron chi connectivity index (χ1n) is 11.3. The molecule has 160 valence electrons. The zero-order valence-electron chi connectivity index (χ0n) is 18.1. The zero-order chi connectivity index (χ0) is 20.8. The van der Waals surface area contributed by atoms with Gasteiger partial charge in [-0.15, -0.1) is 0 Å². The van der Waals surface area contributed by atoms with Crippen molar-refractivity contribution in [3.8, 4) is 0 Å². The number of likely N-dealkylation sites (tertiary alicyclic amines) is 1. The molecule has 0 radical (unpaired) electrons. The molecule has 1 N–H and O–H groups in total. The van der Waals surface area contributed by atoms with Gasteiger partial charge in [0.1, 0.15) is 0 Å². The summed E-state index contributed by atoms with van der Waals surface area (Å²) in [5, 5.41) is 3.06. The molecule has 5 nitrogen and oxygen atoms in total. The highest BCUT2D eigenvalue weighted by molar-refractivity contribution is 5.92. The molecule has 0 aromatic heterocycles. The number of anilines is 2. The lowest BCUT2D eigenvalue weighted by atomic mass is 10.0. The second kappa shape index (κ2) is 10.1. The number of amides is 1. The minimum Gasteiger partial charge on any atom is -0.369 e. The average molecular weight is 407 g/mol. The van der Waals surface area contributed by atoms with E-state index in [4.69, 9.17) is 0 Å². The van der Waals surface area contributed by atoms with E-state index in [-0.39, 0.29) is 5.91 Å². The fourth-order valence-corrected chi connectivity index (χ4v) is 4.60. The Hall–Kier alpha value is -2.37. The van der Waals surface area contributed by atoms with E-state index >= 15 is 0 Å². The lowest BCUT2D eigenvalue weighted by molar-refractivity contribution is -0.117. The van der Waals surface area contributed by atoms with Crippen molar-refractivity contribution >= 4 is 17.3 Å². The van der Waals surface area contributed by atoms with Crippen LogP contribution in [0.15, 0.2) is 54.6 Å². The first-order chi connectivity index (χ1) is 14.7. The Bertz CT molecular complexity index is 800. The highest BCUT2D eigenvalue weighted by atomic mass is 16.2. The van der Waals surface area contributed by atoms with Gasteiger partial charge in [0.25, 0.3) is 0 Å². The van der Waals surface area contributed by atoms with Gasteiger partial charge in [-0.05, 0) is 55.1 Å². The van der Waals surface area contributed by atoms with Gasteiger partial charge < -0.3 is 10.2 Å². The largest absolute Gasteiger partial charge is 0.369 e. The monoisotopic (exact) mass is 406 g/mol. The van der Waals surface area contributed by atoms with Gasteiger partial charge in [-0.1, -0.05) is 37.3 Å². The van der Waals surface area contributed by atoms with Crippen LogP contribution in [-0.2, 0) is 11.3 Å². The van der Waals surface area contributed by atoms with Crippen molar-refractivity contribution in [3.63, 3.8) is 0 Å². The first-order valence-corrected chi connectivity index (χ1v) is 11.3. The van der Waals surface area contributed by atoms with Gasteiger partial charge in [-0.2, -0.15) is 0 Å². The van der Waals surface area contributed by atoms with E-state index in [0.29, 0.717) is 12.5 Å². The van der Waals surface area contributed by atoms with Crippen molar-refractivity contribution in [1.82, 2.24) is 9.80 Å². The van der Waals surface area contributed by atoms with Gasteiger partial charge in [0, 0.05) is 50.6 Å². The second-order valence-corrected chi connectivity index (χ2v) is 8.83. The molecule has 0 unspecified atom stereocenters. The number of piperazine rings is 1.